The van der Waals surface area contributed by atoms with E-state index in [9.17, 15) is 9.59 Å². The van der Waals surface area contributed by atoms with E-state index in [4.69, 9.17) is 4.42 Å². The largest absolute Gasteiger partial charge is 0.463 e. The molecule has 1 saturated carbocycles. The minimum atomic E-state index is -0.655. The molecule has 1 fully saturated rings. The molecule has 3 aromatic rings. The Morgan fingerprint density at radius 3 is 2.74 bits per heavy atom. The first-order chi connectivity index (χ1) is 13.1. The number of rotatable bonds is 4. The fourth-order valence-electron chi connectivity index (χ4n) is 4.04. The molecule has 1 aliphatic rings. The van der Waals surface area contributed by atoms with Crippen LogP contribution in [0.25, 0.3) is 16.6 Å². The van der Waals surface area contributed by atoms with Crippen LogP contribution in [0.15, 0.2) is 27.6 Å². The van der Waals surface area contributed by atoms with Gasteiger partial charge >= 0.3 is 0 Å². The highest BCUT2D eigenvalue weighted by molar-refractivity contribution is 5.83. The van der Waals surface area contributed by atoms with Crippen LogP contribution in [0.3, 0.4) is 0 Å². The van der Waals surface area contributed by atoms with Crippen LogP contribution in [-0.2, 0) is 11.2 Å². The van der Waals surface area contributed by atoms with Crippen molar-refractivity contribution in [2.45, 2.75) is 70.9 Å². The smallest absolute Gasteiger partial charge is 0.291 e. The van der Waals surface area contributed by atoms with Crippen LogP contribution in [-0.4, -0.2) is 26.1 Å². The van der Waals surface area contributed by atoms with Gasteiger partial charge < -0.3 is 9.73 Å². The molecule has 1 aliphatic carbocycles. The summed E-state index contributed by atoms with van der Waals surface area (Å²) in [6.45, 7) is 3.72. The maximum absolute atomic E-state index is 13.0. The lowest BCUT2D eigenvalue weighted by atomic mass is 10.1. The normalized spacial score (nSPS) is 17.3. The van der Waals surface area contributed by atoms with Crippen LogP contribution < -0.4 is 10.9 Å². The number of carbonyl (C=O) groups is 1. The molecule has 0 radical (unpaired) electrons. The Kier molecular flexibility index (Phi) is 4.76. The highest BCUT2D eigenvalue weighted by atomic mass is 16.3. The van der Waals surface area contributed by atoms with Crippen molar-refractivity contribution in [1.82, 2.24) is 19.5 Å². The fraction of sp³-hybridized carbons (Fsp3) is 0.550. The van der Waals surface area contributed by atoms with Crippen molar-refractivity contribution < 1.29 is 9.21 Å². The van der Waals surface area contributed by atoms with Crippen LogP contribution in [0, 0.1) is 0 Å². The summed E-state index contributed by atoms with van der Waals surface area (Å²) in [5.74, 6) is 0.591. The van der Waals surface area contributed by atoms with Crippen LogP contribution in [0.2, 0.25) is 0 Å². The Morgan fingerprint density at radius 1 is 1.30 bits per heavy atom. The number of hydrogen-bond donors (Lipinski definition) is 1. The Bertz CT molecular complexity index is 1020. The SMILES string of the molecule is CCc1nn([C@@H](C)C(=O)NC2CCCCCC2)c(=O)c2cc3occc3n12. The van der Waals surface area contributed by atoms with Crippen molar-refractivity contribution in [1.29, 1.82) is 0 Å². The van der Waals surface area contributed by atoms with Crippen LogP contribution in [0.1, 0.15) is 64.2 Å². The summed E-state index contributed by atoms with van der Waals surface area (Å²) >= 11 is 0. The lowest BCUT2D eigenvalue weighted by Gasteiger charge is -2.21. The summed E-state index contributed by atoms with van der Waals surface area (Å²) < 4.78 is 8.59. The van der Waals surface area contributed by atoms with E-state index in [-0.39, 0.29) is 17.5 Å². The van der Waals surface area contributed by atoms with Gasteiger partial charge in [0.15, 0.2) is 5.58 Å². The lowest BCUT2D eigenvalue weighted by molar-refractivity contribution is -0.125. The molecule has 3 aromatic heterocycles. The van der Waals surface area contributed by atoms with Crippen molar-refractivity contribution in [2.75, 3.05) is 0 Å². The third-order valence-electron chi connectivity index (χ3n) is 5.60. The molecule has 0 bridgehead atoms. The summed E-state index contributed by atoms with van der Waals surface area (Å²) in [7, 11) is 0. The third-order valence-corrected chi connectivity index (χ3v) is 5.60. The number of fused-ring (bicyclic) bond motifs is 3. The van der Waals surface area contributed by atoms with E-state index in [0.717, 1.165) is 37.0 Å². The van der Waals surface area contributed by atoms with Crippen molar-refractivity contribution in [3.63, 3.8) is 0 Å². The number of amides is 1. The number of carbonyl (C=O) groups excluding carboxylic acids is 1. The first kappa shape index (κ1) is 17.8. The van der Waals surface area contributed by atoms with E-state index in [1.54, 1.807) is 19.3 Å². The summed E-state index contributed by atoms with van der Waals surface area (Å²) in [5, 5.41) is 7.65. The summed E-state index contributed by atoms with van der Waals surface area (Å²) in [5.41, 5.74) is 1.69. The van der Waals surface area contributed by atoms with Crippen LogP contribution in [0.5, 0.6) is 0 Å². The van der Waals surface area contributed by atoms with Gasteiger partial charge in [0.05, 0.1) is 11.8 Å². The van der Waals surface area contributed by atoms with Gasteiger partial charge in [-0.05, 0) is 19.8 Å². The van der Waals surface area contributed by atoms with Gasteiger partial charge in [-0.1, -0.05) is 32.6 Å². The molecule has 0 saturated heterocycles. The zero-order valence-electron chi connectivity index (χ0n) is 15.9. The van der Waals surface area contributed by atoms with E-state index < -0.39 is 6.04 Å². The van der Waals surface area contributed by atoms with E-state index in [1.165, 1.54) is 17.5 Å². The molecule has 4 rings (SSSR count). The topological polar surface area (TPSA) is 81.5 Å². The third kappa shape index (κ3) is 3.15. The lowest BCUT2D eigenvalue weighted by Crippen LogP contribution is -2.42. The highest BCUT2D eigenvalue weighted by Gasteiger charge is 2.24. The molecular weight excluding hydrogens is 344 g/mol. The number of aryl methyl sites for hydroxylation is 1. The first-order valence-electron chi connectivity index (χ1n) is 9.91. The average Bonchev–Trinajstić information content (AvgIpc) is 3.16. The molecular formula is C20H26N4O3. The number of furan rings is 1. The molecule has 1 atom stereocenters. The zero-order chi connectivity index (χ0) is 19.0. The number of hydrogen-bond acceptors (Lipinski definition) is 4. The van der Waals surface area contributed by atoms with Crippen molar-refractivity contribution in [2.24, 2.45) is 0 Å². The molecule has 0 aromatic carbocycles. The minimum Gasteiger partial charge on any atom is -0.463 e. The van der Waals surface area contributed by atoms with Crippen LogP contribution >= 0.6 is 0 Å². The van der Waals surface area contributed by atoms with Gasteiger partial charge in [0.25, 0.3) is 5.56 Å². The molecule has 3 heterocycles. The van der Waals surface area contributed by atoms with E-state index in [2.05, 4.69) is 10.4 Å². The van der Waals surface area contributed by atoms with E-state index in [0.29, 0.717) is 17.5 Å². The van der Waals surface area contributed by atoms with E-state index in [1.807, 2.05) is 17.4 Å². The quantitative estimate of drug-likeness (QED) is 0.715. The Hall–Kier alpha value is -2.57. The Labute approximate surface area is 157 Å². The average molecular weight is 370 g/mol. The number of nitrogens with zero attached hydrogens (tertiary/aromatic N) is 3. The summed E-state index contributed by atoms with van der Waals surface area (Å²) in [6, 6.07) is 3.10. The fourth-order valence-corrected chi connectivity index (χ4v) is 4.04. The maximum atomic E-state index is 13.0. The second-order valence-electron chi connectivity index (χ2n) is 7.43. The summed E-state index contributed by atoms with van der Waals surface area (Å²) in [4.78, 5) is 25.8. The predicted molar refractivity (Wildman–Crippen MR) is 103 cm³/mol. The molecule has 1 amide bonds. The molecule has 7 nitrogen and oxygen atoms in total. The van der Waals surface area contributed by atoms with Crippen LogP contribution in [0.4, 0.5) is 0 Å². The van der Waals surface area contributed by atoms with Gasteiger partial charge in [-0.15, -0.1) is 0 Å². The van der Waals surface area contributed by atoms with Gasteiger partial charge in [-0.3, -0.25) is 14.0 Å². The second kappa shape index (κ2) is 7.21. The van der Waals surface area contributed by atoms with Gasteiger partial charge in [-0.2, -0.15) is 5.10 Å². The van der Waals surface area contributed by atoms with E-state index >= 15 is 0 Å². The first-order valence-corrected chi connectivity index (χ1v) is 9.91. The molecule has 1 N–H and O–H groups in total. The van der Waals surface area contributed by atoms with Gasteiger partial charge in [0, 0.05) is 24.6 Å². The van der Waals surface area contributed by atoms with Crippen molar-refractivity contribution in [3.8, 4) is 0 Å². The van der Waals surface area contributed by atoms with Gasteiger partial charge in [-0.25, -0.2) is 4.68 Å². The number of nitrogens with one attached hydrogen (secondary N) is 1. The van der Waals surface area contributed by atoms with Crippen molar-refractivity contribution in [3.05, 3.63) is 34.6 Å². The minimum absolute atomic E-state index is 0.141. The monoisotopic (exact) mass is 370 g/mol. The molecule has 0 aliphatic heterocycles. The zero-order valence-corrected chi connectivity index (χ0v) is 15.9. The molecule has 0 unspecified atom stereocenters. The molecule has 0 spiro atoms. The number of aromatic nitrogens is 3. The summed E-state index contributed by atoms with van der Waals surface area (Å²) in [6.07, 6.45) is 9.01. The Balaban J connectivity index is 1.68. The van der Waals surface area contributed by atoms with Gasteiger partial charge in [0.2, 0.25) is 5.91 Å². The standard InChI is InChI=1S/C20H26N4O3/c1-3-18-22-24(13(2)19(25)21-14-8-6-4-5-7-9-14)20(26)16-12-17-15(23(16)18)10-11-27-17/h10-14H,3-9H2,1-2H3,(H,21,25)/t13-/m0/s1. The highest BCUT2D eigenvalue weighted by Crippen LogP contribution is 2.21. The second-order valence-corrected chi connectivity index (χ2v) is 7.43. The molecule has 144 valence electrons. The molecule has 27 heavy (non-hydrogen) atoms. The van der Waals surface area contributed by atoms with Crippen molar-refractivity contribution >= 4 is 22.5 Å². The Morgan fingerprint density at radius 2 is 2.04 bits per heavy atom. The maximum Gasteiger partial charge on any atom is 0.291 e. The molecule has 7 heteroatoms. The predicted octanol–water partition coefficient (Wildman–Crippen LogP) is 3.20. The van der Waals surface area contributed by atoms with Gasteiger partial charge in [0.1, 0.15) is 17.4 Å².